The van der Waals surface area contributed by atoms with E-state index in [1.807, 2.05) is 42.5 Å². The predicted octanol–water partition coefficient (Wildman–Crippen LogP) is 2.91. The Bertz CT molecular complexity index is 1330. The minimum absolute atomic E-state index is 0.121. The Morgan fingerprint density at radius 1 is 1.12 bits per heavy atom. The number of aromatic amines is 1. The Balaban J connectivity index is 1.64. The number of hydrogen-bond donors (Lipinski definition) is 4. The molecule has 1 atom stereocenters. The van der Waals surface area contributed by atoms with Crippen molar-refractivity contribution in [3.63, 3.8) is 0 Å². The summed E-state index contributed by atoms with van der Waals surface area (Å²) in [6.07, 6.45) is 3.81. The molecule has 1 aliphatic rings. The number of amides is 1. The maximum atomic E-state index is 13.8. The quantitative estimate of drug-likeness (QED) is 0.368. The first-order valence-corrected chi connectivity index (χ1v) is 11.2. The first-order valence-electron chi connectivity index (χ1n) is 11.2. The van der Waals surface area contributed by atoms with Crippen LogP contribution in [0.5, 0.6) is 5.75 Å². The highest BCUT2D eigenvalue weighted by Crippen LogP contribution is 2.29. The fraction of sp³-hybridized carbons (Fsp3) is 0.192. The summed E-state index contributed by atoms with van der Waals surface area (Å²) in [5.41, 5.74) is 3.95. The van der Waals surface area contributed by atoms with E-state index in [0.29, 0.717) is 47.6 Å². The lowest BCUT2D eigenvalue weighted by molar-refractivity contribution is 0.0538. The van der Waals surface area contributed by atoms with Crippen LogP contribution >= 0.6 is 0 Å². The van der Waals surface area contributed by atoms with Crippen LogP contribution < -0.4 is 5.32 Å². The van der Waals surface area contributed by atoms with Crippen LogP contribution in [0.2, 0.25) is 0 Å². The second kappa shape index (κ2) is 9.46. The molecule has 0 radical (unpaired) electrons. The normalized spacial score (nSPS) is 16.4. The van der Waals surface area contributed by atoms with Gasteiger partial charge in [-0.1, -0.05) is 36.4 Å². The van der Waals surface area contributed by atoms with Gasteiger partial charge in [0.25, 0.3) is 5.91 Å². The highest BCUT2D eigenvalue weighted by Gasteiger charge is 2.29. The highest BCUT2D eigenvalue weighted by molar-refractivity contribution is 6.09. The first-order chi connectivity index (χ1) is 16.6. The predicted molar refractivity (Wildman–Crippen MR) is 131 cm³/mol. The molecule has 1 saturated heterocycles. The molecule has 1 amide bonds. The van der Waals surface area contributed by atoms with Crippen LogP contribution in [0.15, 0.2) is 60.7 Å². The number of rotatable bonds is 5. The molecule has 4 aromatic rings. The summed E-state index contributed by atoms with van der Waals surface area (Å²) < 4.78 is 0. The average Bonchev–Trinajstić information content (AvgIpc) is 3.30. The van der Waals surface area contributed by atoms with E-state index in [1.165, 1.54) is 0 Å². The van der Waals surface area contributed by atoms with Gasteiger partial charge in [-0.2, -0.15) is 5.10 Å². The smallest absolute Gasteiger partial charge is 0.255 e. The molecule has 34 heavy (non-hydrogen) atoms. The Hall–Kier alpha value is -4.01. The Morgan fingerprint density at radius 3 is 2.68 bits per heavy atom. The topological polar surface area (TPSA) is 114 Å². The lowest BCUT2D eigenvalue weighted by atomic mass is 10.0. The molecule has 1 fully saturated rings. The van der Waals surface area contributed by atoms with Crippen molar-refractivity contribution in [2.75, 3.05) is 26.2 Å². The third-order valence-electron chi connectivity index (χ3n) is 6.01. The lowest BCUT2D eigenvalue weighted by Gasteiger charge is -2.35. The monoisotopic (exact) mass is 455 g/mol. The lowest BCUT2D eigenvalue weighted by Crippen LogP contribution is -2.55. The van der Waals surface area contributed by atoms with Gasteiger partial charge >= 0.3 is 0 Å². The van der Waals surface area contributed by atoms with Crippen LogP contribution in [-0.2, 0) is 0 Å². The van der Waals surface area contributed by atoms with Crippen molar-refractivity contribution in [2.45, 2.75) is 6.04 Å². The number of benzene rings is 2. The van der Waals surface area contributed by atoms with Crippen LogP contribution in [0.25, 0.3) is 34.4 Å². The second-order valence-corrected chi connectivity index (χ2v) is 8.22. The van der Waals surface area contributed by atoms with E-state index >= 15 is 0 Å². The van der Waals surface area contributed by atoms with E-state index in [4.69, 9.17) is 4.98 Å². The summed E-state index contributed by atoms with van der Waals surface area (Å²) in [5.74, 6) is -0.0219. The maximum Gasteiger partial charge on any atom is 0.255 e. The molecule has 0 bridgehead atoms. The molecular formula is C26H25N5O3. The van der Waals surface area contributed by atoms with Gasteiger partial charge in [-0.25, -0.2) is 4.98 Å². The zero-order valence-corrected chi connectivity index (χ0v) is 18.5. The van der Waals surface area contributed by atoms with Gasteiger partial charge < -0.3 is 20.4 Å². The number of phenols is 1. The van der Waals surface area contributed by atoms with Gasteiger partial charge in [0.1, 0.15) is 5.75 Å². The van der Waals surface area contributed by atoms with Crippen molar-refractivity contribution in [1.29, 1.82) is 0 Å². The first kappa shape index (κ1) is 21.8. The molecule has 8 nitrogen and oxygen atoms in total. The molecule has 8 heteroatoms. The fourth-order valence-electron chi connectivity index (χ4n) is 4.21. The molecule has 172 valence electrons. The van der Waals surface area contributed by atoms with Gasteiger partial charge in [0, 0.05) is 25.2 Å². The molecule has 0 saturated carbocycles. The zero-order valence-electron chi connectivity index (χ0n) is 18.5. The SMILES string of the molecule is O=C(c1cc(-c2ccc(O)cc2)nc2[nH]nc(C=Cc3ccccc3)c12)N1CCNCC1CO. The standard InChI is InChI=1S/C26H25N5O3/c32-16-19-15-27-12-13-31(19)26(34)21-14-23(18-7-9-20(33)10-8-18)28-25-24(21)22(29-30-25)11-6-17-4-2-1-3-5-17/h1-11,14,19,27,32-33H,12-13,15-16H2,(H,28,29,30). The average molecular weight is 456 g/mol. The summed E-state index contributed by atoms with van der Waals surface area (Å²) in [5, 5.41) is 30.8. The van der Waals surface area contributed by atoms with Gasteiger partial charge in [-0.15, -0.1) is 0 Å². The molecule has 3 heterocycles. The number of piperazine rings is 1. The van der Waals surface area contributed by atoms with Crippen molar-refractivity contribution in [3.05, 3.63) is 77.5 Å². The minimum Gasteiger partial charge on any atom is -0.508 e. The number of nitrogens with zero attached hydrogens (tertiary/aromatic N) is 3. The Morgan fingerprint density at radius 2 is 1.91 bits per heavy atom. The highest BCUT2D eigenvalue weighted by atomic mass is 16.3. The molecule has 2 aromatic heterocycles. The van der Waals surface area contributed by atoms with Crippen molar-refractivity contribution in [1.82, 2.24) is 25.4 Å². The number of fused-ring (bicyclic) bond motifs is 1. The number of aromatic hydroxyl groups is 1. The zero-order chi connectivity index (χ0) is 23.5. The summed E-state index contributed by atoms with van der Waals surface area (Å²) in [4.78, 5) is 20.2. The van der Waals surface area contributed by atoms with Gasteiger partial charge in [0.05, 0.1) is 35.0 Å². The van der Waals surface area contributed by atoms with E-state index in [0.717, 1.165) is 11.1 Å². The molecule has 0 aliphatic carbocycles. The molecule has 1 unspecified atom stereocenters. The number of nitrogens with one attached hydrogen (secondary N) is 2. The van der Waals surface area contributed by atoms with Crippen LogP contribution in [0.3, 0.4) is 0 Å². The molecule has 4 N–H and O–H groups in total. The summed E-state index contributed by atoms with van der Waals surface area (Å²) in [6.45, 7) is 1.57. The van der Waals surface area contributed by atoms with E-state index < -0.39 is 0 Å². The molecule has 2 aromatic carbocycles. The molecule has 5 rings (SSSR count). The molecule has 1 aliphatic heterocycles. The summed E-state index contributed by atoms with van der Waals surface area (Å²) >= 11 is 0. The minimum atomic E-state index is -0.309. The largest absolute Gasteiger partial charge is 0.508 e. The number of carbonyl (C=O) groups excluding carboxylic acids is 1. The number of aromatic nitrogens is 3. The molecular weight excluding hydrogens is 430 g/mol. The van der Waals surface area contributed by atoms with Gasteiger partial charge in [-0.3, -0.25) is 9.89 Å². The third kappa shape index (κ3) is 4.28. The second-order valence-electron chi connectivity index (χ2n) is 8.22. The number of hydrogen-bond acceptors (Lipinski definition) is 6. The van der Waals surface area contributed by atoms with Crippen molar-refractivity contribution in [3.8, 4) is 17.0 Å². The Kier molecular flexibility index (Phi) is 6.07. The number of aliphatic hydroxyl groups excluding tert-OH is 1. The van der Waals surface area contributed by atoms with Crippen molar-refractivity contribution >= 4 is 29.1 Å². The maximum absolute atomic E-state index is 13.8. The van der Waals surface area contributed by atoms with E-state index in [9.17, 15) is 15.0 Å². The van der Waals surface area contributed by atoms with Gasteiger partial charge in [-0.05, 0) is 42.0 Å². The third-order valence-corrected chi connectivity index (χ3v) is 6.01. The van der Waals surface area contributed by atoms with Crippen LogP contribution in [0.1, 0.15) is 21.6 Å². The van der Waals surface area contributed by atoms with E-state index in [1.54, 1.807) is 35.2 Å². The number of carbonyl (C=O) groups is 1. The van der Waals surface area contributed by atoms with E-state index in [-0.39, 0.29) is 24.3 Å². The Labute approximate surface area is 196 Å². The van der Waals surface area contributed by atoms with Crippen LogP contribution in [0.4, 0.5) is 0 Å². The summed E-state index contributed by atoms with van der Waals surface area (Å²) in [7, 11) is 0. The fourth-order valence-corrected chi connectivity index (χ4v) is 4.21. The van der Waals surface area contributed by atoms with Crippen molar-refractivity contribution in [2.24, 2.45) is 0 Å². The van der Waals surface area contributed by atoms with Gasteiger partial charge in [0.15, 0.2) is 5.65 Å². The van der Waals surface area contributed by atoms with E-state index in [2.05, 4.69) is 15.5 Å². The van der Waals surface area contributed by atoms with Crippen LogP contribution in [-0.4, -0.2) is 68.5 Å². The number of H-pyrrole nitrogens is 1. The summed E-state index contributed by atoms with van der Waals surface area (Å²) in [6, 6.07) is 18.0. The van der Waals surface area contributed by atoms with Crippen LogP contribution in [0, 0.1) is 0 Å². The number of aliphatic hydroxyl groups is 1. The van der Waals surface area contributed by atoms with Gasteiger partial charge in [0.2, 0.25) is 0 Å². The number of phenolic OH excluding ortho intramolecular Hbond substituents is 1. The molecule has 0 spiro atoms. The number of pyridine rings is 1. The van der Waals surface area contributed by atoms with Crippen molar-refractivity contribution < 1.29 is 15.0 Å².